The van der Waals surface area contributed by atoms with Gasteiger partial charge in [0.15, 0.2) is 6.29 Å². The SMILES string of the molecule is CCOC(OCC)[C@H]1CCCC(=O)N1. The van der Waals surface area contributed by atoms with E-state index in [0.29, 0.717) is 19.6 Å². The summed E-state index contributed by atoms with van der Waals surface area (Å²) in [5.41, 5.74) is 0. The highest BCUT2D eigenvalue weighted by molar-refractivity contribution is 5.76. The van der Waals surface area contributed by atoms with E-state index in [-0.39, 0.29) is 18.2 Å². The number of amides is 1. The Morgan fingerprint density at radius 3 is 2.57 bits per heavy atom. The second-order valence-corrected chi connectivity index (χ2v) is 3.35. The van der Waals surface area contributed by atoms with Crippen molar-refractivity contribution < 1.29 is 14.3 Å². The Hall–Kier alpha value is -0.610. The zero-order chi connectivity index (χ0) is 10.4. The Labute approximate surface area is 85.0 Å². The van der Waals surface area contributed by atoms with E-state index < -0.39 is 0 Å². The van der Waals surface area contributed by atoms with Gasteiger partial charge in [-0.3, -0.25) is 4.79 Å². The summed E-state index contributed by atoms with van der Waals surface area (Å²) in [7, 11) is 0. The molecule has 1 N–H and O–H groups in total. The monoisotopic (exact) mass is 201 g/mol. The molecule has 82 valence electrons. The van der Waals surface area contributed by atoms with Crippen molar-refractivity contribution in [2.24, 2.45) is 0 Å². The van der Waals surface area contributed by atoms with Crippen molar-refractivity contribution in [2.75, 3.05) is 13.2 Å². The van der Waals surface area contributed by atoms with Crippen LogP contribution < -0.4 is 5.32 Å². The van der Waals surface area contributed by atoms with E-state index in [1.165, 1.54) is 0 Å². The van der Waals surface area contributed by atoms with Crippen molar-refractivity contribution >= 4 is 5.91 Å². The van der Waals surface area contributed by atoms with Crippen LogP contribution >= 0.6 is 0 Å². The molecule has 1 amide bonds. The van der Waals surface area contributed by atoms with Crippen LogP contribution in [-0.4, -0.2) is 31.5 Å². The minimum atomic E-state index is -0.283. The van der Waals surface area contributed by atoms with Crippen LogP contribution in [0.15, 0.2) is 0 Å². The van der Waals surface area contributed by atoms with Crippen molar-refractivity contribution in [3.05, 3.63) is 0 Å². The summed E-state index contributed by atoms with van der Waals surface area (Å²) in [5.74, 6) is 0.102. The number of hydrogen-bond donors (Lipinski definition) is 1. The molecule has 1 atom stereocenters. The van der Waals surface area contributed by atoms with Gasteiger partial charge in [0, 0.05) is 19.6 Å². The van der Waals surface area contributed by atoms with Gasteiger partial charge in [0.1, 0.15) is 0 Å². The Morgan fingerprint density at radius 2 is 2.07 bits per heavy atom. The highest BCUT2D eigenvalue weighted by Crippen LogP contribution is 2.14. The fourth-order valence-corrected chi connectivity index (χ4v) is 1.65. The van der Waals surface area contributed by atoms with E-state index in [1.54, 1.807) is 0 Å². The maximum absolute atomic E-state index is 11.2. The molecule has 1 saturated heterocycles. The predicted molar refractivity (Wildman–Crippen MR) is 52.8 cm³/mol. The topological polar surface area (TPSA) is 47.6 Å². The molecule has 0 aromatic heterocycles. The van der Waals surface area contributed by atoms with Crippen LogP contribution in [0, 0.1) is 0 Å². The number of carbonyl (C=O) groups is 1. The van der Waals surface area contributed by atoms with Gasteiger partial charge >= 0.3 is 0 Å². The van der Waals surface area contributed by atoms with Crippen LogP contribution in [0.3, 0.4) is 0 Å². The summed E-state index contributed by atoms with van der Waals surface area (Å²) in [6.07, 6.45) is 2.21. The number of carbonyl (C=O) groups excluding carboxylic acids is 1. The Balaban J connectivity index is 2.43. The average molecular weight is 201 g/mol. The molecule has 0 bridgehead atoms. The van der Waals surface area contributed by atoms with Gasteiger partial charge in [-0.05, 0) is 26.7 Å². The van der Waals surface area contributed by atoms with Gasteiger partial charge in [0.05, 0.1) is 6.04 Å². The van der Waals surface area contributed by atoms with Crippen LogP contribution in [0.25, 0.3) is 0 Å². The smallest absolute Gasteiger partial charge is 0.220 e. The normalized spacial score (nSPS) is 22.5. The van der Waals surface area contributed by atoms with E-state index >= 15 is 0 Å². The Bertz CT molecular complexity index is 178. The first-order valence-electron chi connectivity index (χ1n) is 5.30. The molecule has 4 heteroatoms. The molecule has 0 saturated carbocycles. The van der Waals surface area contributed by atoms with E-state index in [0.717, 1.165) is 12.8 Å². The molecule has 1 aliphatic rings. The lowest BCUT2D eigenvalue weighted by atomic mass is 10.0. The minimum Gasteiger partial charge on any atom is -0.351 e. The summed E-state index contributed by atoms with van der Waals surface area (Å²) < 4.78 is 10.9. The molecule has 1 rings (SSSR count). The molecule has 0 unspecified atom stereocenters. The highest BCUT2D eigenvalue weighted by Gasteiger charge is 2.27. The van der Waals surface area contributed by atoms with E-state index in [2.05, 4.69) is 5.32 Å². The molecule has 0 spiro atoms. The number of rotatable bonds is 5. The van der Waals surface area contributed by atoms with Gasteiger partial charge in [-0.25, -0.2) is 0 Å². The molecule has 4 nitrogen and oxygen atoms in total. The molecule has 0 radical (unpaired) electrons. The fraction of sp³-hybridized carbons (Fsp3) is 0.900. The third-order valence-corrected chi connectivity index (χ3v) is 2.26. The zero-order valence-corrected chi connectivity index (χ0v) is 8.91. The van der Waals surface area contributed by atoms with Crippen LogP contribution in [0.2, 0.25) is 0 Å². The van der Waals surface area contributed by atoms with Gasteiger partial charge in [0.2, 0.25) is 5.91 Å². The molecule has 0 aromatic carbocycles. The maximum atomic E-state index is 11.2. The lowest BCUT2D eigenvalue weighted by Gasteiger charge is -2.30. The second-order valence-electron chi connectivity index (χ2n) is 3.35. The number of nitrogens with one attached hydrogen (secondary N) is 1. The zero-order valence-electron chi connectivity index (χ0n) is 8.91. The second kappa shape index (κ2) is 5.98. The molecule has 1 fully saturated rings. The summed E-state index contributed by atoms with van der Waals surface area (Å²) >= 11 is 0. The maximum Gasteiger partial charge on any atom is 0.220 e. The molecule has 0 aromatic rings. The first kappa shape index (κ1) is 11.5. The van der Waals surface area contributed by atoms with Gasteiger partial charge in [-0.15, -0.1) is 0 Å². The summed E-state index contributed by atoms with van der Waals surface area (Å²) in [5, 5.41) is 2.90. The molecule has 1 aliphatic heterocycles. The number of ether oxygens (including phenoxy) is 2. The first-order valence-corrected chi connectivity index (χ1v) is 5.30. The first-order chi connectivity index (χ1) is 6.77. The van der Waals surface area contributed by atoms with Crippen LogP contribution in [-0.2, 0) is 14.3 Å². The number of hydrogen-bond acceptors (Lipinski definition) is 3. The molecule has 14 heavy (non-hydrogen) atoms. The summed E-state index contributed by atoms with van der Waals surface area (Å²) in [6.45, 7) is 5.07. The predicted octanol–water partition coefficient (Wildman–Crippen LogP) is 1.05. The molecule has 0 aliphatic carbocycles. The lowest BCUT2D eigenvalue weighted by Crippen LogP contribution is -2.48. The standard InChI is InChI=1S/C10H19NO3/c1-3-13-10(14-4-2)8-6-5-7-9(12)11-8/h8,10H,3-7H2,1-2H3,(H,11,12)/t8-/m1/s1. The Kier molecular flexibility index (Phi) is 4.90. The molecular weight excluding hydrogens is 182 g/mol. The van der Waals surface area contributed by atoms with Crippen molar-refractivity contribution in [1.82, 2.24) is 5.32 Å². The van der Waals surface area contributed by atoms with Gasteiger partial charge in [-0.1, -0.05) is 0 Å². The van der Waals surface area contributed by atoms with E-state index in [9.17, 15) is 4.79 Å². The average Bonchev–Trinajstić information content (AvgIpc) is 2.17. The van der Waals surface area contributed by atoms with Gasteiger partial charge < -0.3 is 14.8 Å². The lowest BCUT2D eigenvalue weighted by molar-refractivity contribution is -0.162. The molecular formula is C10H19NO3. The van der Waals surface area contributed by atoms with Gasteiger partial charge in [-0.2, -0.15) is 0 Å². The highest BCUT2D eigenvalue weighted by atomic mass is 16.7. The summed E-state index contributed by atoms with van der Waals surface area (Å²) in [6, 6.07) is 0.0242. The minimum absolute atomic E-state index is 0.0242. The molecule has 1 heterocycles. The van der Waals surface area contributed by atoms with Crippen LogP contribution in [0.1, 0.15) is 33.1 Å². The van der Waals surface area contributed by atoms with Crippen molar-refractivity contribution in [1.29, 1.82) is 0 Å². The number of piperidine rings is 1. The largest absolute Gasteiger partial charge is 0.351 e. The third kappa shape index (κ3) is 3.27. The Morgan fingerprint density at radius 1 is 1.43 bits per heavy atom. The fourth-order valence-electron chi connectivity index (χ4n) is 1.65. The van der Waals surface area contributed by atoms with Crippen LogP contribution in [0.5, 0.6) is 0 Å². The third-order valence-electron chi connectivity index (χ3n) is 2.26. The quantitative estimate of drug-likeness (QED) is 0.676. The van der Waals surface area contributed by atoms with Crippen molar-refractivity contribution in [3.63, 3.8) is 0 Å². The van der Waals surface area contributed by atoms with E-state index in [1.807, 2.05) is 13.8 Å². The van der Waals surface area contributed by atoms with Crippen molar-refractivity contribution in [2.45, 2.75) is 45.4 Å². The van der Waals surface area contributed by atoms with Gasteiger partial charge in [0.25, 0.3) is 0 Å². The van der Waals surface area contributed by atoms with Crippen LogP contribution in [0.4, 0.5) is 0 Å². The summed E-state index contributed by atoms with van der Waals surface area (Å²) in [4.78, 5) is 11.2. The van der Waals surface area contributed by atoms with E-state index in [4.69, 9.17) is 9.47 Å². The van der Waals surface area contributed by atoms with Crippen molar-refractivity contribution in [3.8, 4) is 0 Å².